The van der Waals surface area contributed by atoms with Crippen molar-refractivity contribution in [1.82, 2.24) is 5.32 Å². The number of carbonyl (C=O) groups excluding carboxylic acids is 1. The third-order valence-electron chi connectivity index (χ3n) is 3.55. The number of ether oxygens (including phenoxy) is 1. The van der Waals surface area contributed by atoms with Crippen molar-refractivity contribution >= 4 is 11.6 Å². The summed E-state index contributed by atoms with van der Waals surface area (Å²) in [5.74, 6) is 1.30. The fourth-order valence-corrected chi connectivity index (χ4v) is 2.28. The lowest BCUT2D eigenvalue weighted by atomic mass is 9.99. The molecule has 1 aliphatic rings. The van der Waals surface area contributed by atoms with Crippen LogP contribution in [-0.4, -0.2) is 24.6 Å². The molecule has 1 unspecified atom stereocenters. The Labute approximate surface area is 120 Å². The van der Waals surface area contributed by atoms with Gasteiger partial charge in [0.25, 0.3) is 0 Å². The van der Waals surface area contributed by atoms with Crippen LogP contribution in [0.3, 0.4) is 0 Å². The molecule has 1 heterocycles. The van der Waals surface area contributed by atoms with Crippen molar-refractivity contribution in [2.24, 2.45) is 5.92 Å². The average molecular weight is 276 g/mol. The summed E-state index contributed by atoms with van der Waals surface area (Å²) < 4.78 is 5.67. The maximum atomic E-state index is 12.3. The standard InChI is InChI=1S/C16H24N2O2/c1-12(2)11-20-14-7-4-6-13(10-14)18-15(19)16(3)8-5-9-17-16/h4,6-7,10,12,17H,5,8-9,11H2,1-3H3,(H,18,19). The van der Waals surface area contributed by atoms with Gasteiger partial charge in [-0.2, -0.15) is 0 Å². The molecule has 0 bridgehead atoms. The minimum atomic E-state index is -0.450. The largest absolute Gasteiger partial charge is 0.493 e. The van der Waals surface area contributed by atoms with Gasteiger partial charge in [-0.3, -0.25) is 4.79 Å². The van der Waals surface area contributed by atoms with Gasteiger partial charge in [0.1, 0.15) is 5.75 Å². The summed E-state index contributed by atoms with van der Waals surface area (Å²) in [6.07, 6.45) is 1.92. The molecule has 1 fully saturated rings. The number of hydrogen-bond acceptors (Lipinski definition) is 3. The third kappa shape index (κ3) is 3.73. The predicted octanol–water partition coefficient (Wildman–Crippen LogP) is 2.80. The highest BCUT2D eigenvalue weighted by atomic mass is 16.5. The van der Waals surface area contributed by atoms with Crippen molar-refractivity contribution in [3.63, 3.8) is 0 Å². The van der Waals surface area contributed by atoms with Gasteiger partial charge < -0.3 is 15.4 Å². The topological polar surface area (TPSA) is 50.4 Å². The molecule has 1 aromatic carbocycles. The van der Waals surface area contributed by atoms with E-state index in [1.54, 1.807) is 0 Å². The van der Waals surface area contributed by atoms with E-state index in [9.17, 15) is 4.79 Å². The Morgan fingerprint density at radius 1 is 1.50 bits per heavy atom. The van der Waals surface area contributed by atoms with Crippen LogP contribution >= 0.6 is 0 Å². The second-order valence-corrected chi connectivity index (χ2v) is 6.05. The van der Waals surface area contributed by atoms with Crippen LogP contribution < -0.4 is 15.4 Å². The molecule has 1 atom stereocenters. The molecule has 0 aliphatic carbocycles. The van der Waals surface area contributed by atoms with Crippen LogP contribution in [0.1, 0.15) is 33.6 Å². The van der Waals surface area contributed by atoms with Crippen LogP contribution in [0.25, 0.3) is 0 Å². The third-order valence-corrected chi connectivity index (χ3v) is 3.55. The number of carbonyl (C=O) groups is 1. The summed E-state index contributed by atoms with van der Waals surface area (Å²) in [6, 6.07) is 7.57. The van der Waals surface area contributed by atoms with E-state index in [0.29, 0.717) is 12.5 Å². The van der Waals surface area contributed by atoms with E-state index in [2.05, 4.69) is 24.5 Å². The first kappa shape index (κ1) is 14.9. The smallest absolute Gasteiger partial charge is 0.244 e. The van der Waals surface area contributed by atoms with Crippen LogP contribution in [0.4, 0.5) is 5.69 Å². The van der Waals surface area contributed by atoms with Gasteiger partial charge in [-0.25, -0.2) is 0 Å². The fourth-order valence-electron chi connectivity index (χ4n) is 2.28. The molecule has 1 amide bonds. The number of nitrogens with one attached hydrogen (secondary N) is 2. The zero-order valence-corrected chi connectivity index (χ0v) is 12.5. The molecule has 4 nitrogen and oxygen atoms in total. The van der Waals surface area contributed by atoms with E-state index < -0.39 is 5.54 Å². The van der Waals surface area contributed by atoms with Crippen LogP contribution in [0, 0.1) is 5.92 Å². The maximum absolute atomic E-state index is 12.3. The molecule has 4 heteroatoms. The molecule has 0 radical (unpaired) electrons. The SMILES string of the molecule is CC(C)COc1cccc(NC(=O)C2(C)CCCN2)c1. The Morgan fingerprint density at radius 3 is 2.95 bits per heavy atom. The Morgan fingerprint density at radius 2 is 2.30 bits per heavy atom. The second kappa shape index (κ2) is 6.27. The van der Waals surface area contributed by atoms with Crippen molar-refractivity contribution < 1.29 is 9.53 Å². The molecule has 2 rings (SSSR count). The molecule has 1 aromatic rings. The number of benzene rings is 1. The summed E-state index contributed by atoms with van der Waals surface area (Å²) in [4.78, 5) is 12.3. The van der Waals surface area contributed by atoms with Crippen molar-refractivity contribution in [1.29, 1.82) is 0 Å². The van der Waals surface area contributed by atoms with Crippen molar-refractivity contribution in [2.45, 2.75) is 39.2 Å². The van der Waals surface area contributed by atoms with Gasteiger partial charge in [0.15, 0.2) is 0 Å². The predicted molar refractivity (Wildman–Crippen MR) is 81.0 cm³/mol. The Balaban J connectivity index is 1.98. The molecule has 1 aliphatic heterocycles. The van der Waals surface area contributed by atoms with Crippen molar-refractivity contribution in [3.8, 4) is 5.75 Å². The first-order chi connectivity index (χ1) is 9.49. The monoisotopic (exact) mass is 276 g/mol. The van der Waals surface area contributed by atoms with Gasteiger partial charge in [-0.1, -0.05) is 19.9 Å². The van der Waals surface area contributed by atoms with Gasteiger partial charge in [0, 0.05) is 11.8 Å². The first-order valence-electron chi connectivity index (χ1n) is 7.29. The number of rotatable bonds is 5. The Bertz CT molecular complexity index is 465. The van der Waals surface area contributed by atoms with Gasteiger partial charge >= 0.3 is 0 Å². The molecule has 0 spiro atoms. The minimum absolute atomic E-state index is 0.0241. The van der Waals surface area contributed by atoms with E-state index in [4.69, 9.17) is 4.74 Å². The zero-order valence-electron chi connectivity index (χ0n) is 12.5. The van der Waals surface area contributed by atoms with Crippen LogP contribution in [0.15, 0.2) is 24.3 Å². The molecule has 2 N–H and O–H groups in total. The number of amides is 1. The molecular formula is C16H24N2O2. The molecule has 0 aromatic heterocycles. The Hall–Kier alpha value is -1.55. The quantitative estimate of drug-likeness (QED) is 0.869. The van der Waals surface area contributed by atoms with Crippen LogP contribution in [-0.2, 0) is 4.79 Å². The highest BCUT2D eigenvalue weighted by Crippen LogP contribution is 2.23. The maximum Gasteiger partial charge on any atom is 0.244 e. The summed E-state index contributed by atoms with van der Waals surface area (Å²) >= 11 is 0. The van der Waals surface area contributed by atoms with Crippen molar-refractivity contribution in [3.05, 3.63) is 24.3 Å². The van der Waals surface area contributed by atoms with Crippen LogP contribution in [0.2, 0.25) is 0 Å². The second-order valence-electron chi connectivity index (χ2n) is 6.05. The lowest BCUT2D eigenvalue weighted by molar-refractivity contribution is -0.121. The Kier molecular flexibility index (Phi) is 4.65. The van der Waals surface area contributed by atoms with E-state index in [1.807, 2.05) is 31.2 Å². The van der Waals surface area contributed by atoms with Crippen molar-refractivity contribution in [2.75, 3.05) is 18.5 Å². The fraction of sp³-hybridized carbons (Fsp3) is 0.562. The van der Waals surface area contributed by atoms with Crippen LogP contribution in [0.5, 0.6) is 5.75 Å². The van der Waals surface area contributed by atoms with Gasteiger partial charge in [-0.15, -0.1) is 0 Å². The summed E-state index contributed by atoms with van der Waals surface area (Å²) in [7, 11) is 0. The van der Waals surface area contributed by atoms with Gasteiger partial charge in [0.05, 0.1) is 12.1 Å². The summed E-state index contributed by atoms with van der Waals surface area (Å²) in [6.45, 7) is 7.75. The van der Waals surface area contributed by atoms with E-state index in [0.717, 1.165) is 30.8 Å². The van der Waals surface area contributed by atoms with Gasteiger partial charge in [-0.05, 0) is 44.4 Å². The molecule has 1 saturated heterocycles. The normalized spacial score (nSPS) is 22.0. The highest BCUT2D eigenvalue weighted by Gasteiger charge is 2.35. The minimum Gasteiger partial charge on any atom is -0.493 e. The van der Waals surface area contributed by atoms with Gasteiger partial charge in [0.2, 0.25) is 5.91 Å². The summed E-state index contributed by atoms with van der Waals surface area (Å²) in [5.41, 5.74) is 0.334. The number of hydrogen-bond donors (Lipinski definition) is 2. The molecule has 110 valence electrons. The molecule has 20 heavy (non-hydrogen) atoms. The molecular weight excluding hydrogens is 252 g/mol. The van der Waals surface area contributed by atoms with E-state index >= 15 is 0 Å². The first-order valence-corrected chi connectivity index (χ1v) is 7.29. The van der Waals surface area contributed by atoms with E-state index in [-0.39, 0.29) is 5.91 Å². The molecule has 0 saturated carbocycles. The highest BCUT2D eigenvalue weighted by molar-refractivity contribution is 5.98. The lowest BCUT2D eigenvalue weighted by Gasteiger charge is -2.23. The average Bonchev–Trinajstić information content (AvgIpc) is 2.85. The number of anilines is 1. The lowest BCUT2D eigenvalue weighted by Crippen LogP contribution is -2.47. The summed E-state index contributed by atoms with van der Waals surface area (Å²) in [5, 5.41) is 6.24. The van der Waals surface area contributed by atoms with E-state index in [1.165, 1.54) is 0 Å². The zero-order chi connectivity index (χ0) is 14.6.